The van der Waals surface area contributed by atoms with Gasteiger partial charge >= 0.3 is 5.97 Å². The first-order chi connectivity index (χ1) is 21.6. The van der Waals surface area contributed by atoms with Crippen molar-refractivity contribution in [2.45, 2.75) is 13.0 Å². The number of aliphatic imine (C=N–C) groups is 1. The molecule has 4 aromatic carbocycles. The van der Waals surface area contributed by atoms with Gasteiger partial charge in [0.25, 0.3) is 0 Å². The number of carbonyl (C=O) groups excluding carboxylic acids is 1. The van der Waals surface area contributed by atoms with Gasteiger partial charge < -0.3 is 19.7 Å². The molecule has 0 aliphatic carbocycles. The van der Waals surface area contributed by atoms with E-state index in [-0.39, 0.29) is 5.88 Å². The molecule has 5 aromatic rings. The second-order valence-electron chi connectivity index (χ2n) is 10.9. The summed E-state index contributed by atoms with van der Waals surface area (Å²) in [5.74, 6) is -0.571. The van der Waals surface area contributed by atoms with E-state index in [1.807, 2.05) is 55.6 Å². The number of esters is 1. The minimum absolute atomic E-state index is 0.0910. The Kier molecular flexibility index (Phi) is 9.65. The SMILES string of the molecule is COC(=O)c1ccc2c(C(=Nc3ccc(N(CCCN(C)Cc4ccccc4)S(C)(=O)=O)cc3)c3ccccc3)c(O)[nH]c2c1. The van der Waals surface area contributed by atoms with Crippen LogP contribution < -0.4 is 4.31 Å². The van der Waals surface area contributed by atoms with Crippen molar-refractivity contribution in [3.8, 4) is 5.88 Å². The molecule has 0 fully saturated rings. The number of fused-ring (bicyclic) bond motifs is 1. The molecule has 45 heavy (non-hydrogen) atoms. The molecule has 10 heteroatoms. The molecule has 0 aliphatic rings. The number of hydrogen-bond donors (Lipinski definition) is 2. The second kappa shape index (κ2) is 13.8. The fourth-order valence-corrected chi connectivity index (χ4v) is 6.26. The van der Waals surface area contributed by atoms with Crippen LogP contribution in [0, 0.1) is 0 Å². The van der Waals surface area contributed by atoms with Crippen LogP contribution in [0.3, 0.4) is 0 Å². The van der Waals surface area contributed by atoms with Crippen molar-refractivity contribution in [2.75, 3.05) is 37.8 Å². The number of aromatic amines is 1. The Bertz CT molecular complexity index is 1900. The first-order valence-electron chi connectivity index (χ1n) is 14.5. The zero-order chi connectivity index (χ0) is 32.0. The van der Waals surface area contributed by atoms with Crippen molar-refractivity contribution in [1.29, 1.82) is 0 Å². The lowest BCUT2D eigenvalue weighted by molar-refractivity contribution is 0.0601. The van der Waals surface area contributed by atoms with Crippen LogP contribution in [0.4, 0.5) is 11.4 Å². The number of carbonyl (C=O) groups is 1. The van der Waals surface area contributed by atoms with Gasteiger partial charge in [-0.1, -0.05) is 66.7 Å². The summed E-state index contributed by atoms with van der Waals surface area (Å²) in [7, 11) is -0.180. The van der Waals surface area contributed by atoms with Gasteiger partial charge in [-0.25, -0.2) is 18.2 Å². The Morgan fingerprint density at radius 2 is 1.56 bits per heavy atom. The molecule has 1 aromatic heterocycles. The Hall–Kier alpha value is -4.93. The number of hydrogen-bond acceptors (Lipinski definition) is 7. The Balaban J connectivity index is 1.41. The lowest BCUT2D eigenvalue weighted by atomic mass is 10.00. The minimum atomic E-state index is -3.52. The van der Waals surface area contributed by atoms with Crippen LogP contribution in [-0.4, -0.2) is 68.6 Å². The number of aromatic hydroxyl groups is 1. The molecule has 0 aliphatic heterocycles. The zero-order valence-corrected chi connectivity index (χ0v) is 26.3. The third-order valence-corrected chi connectivity index (χ3v) is 8.65. The minimum Gasteiger partial charge on any atom is -0.494 e. The van der Waals surface area contributed by atoms with Gasteiger partial charge in [0.05, 0.1) is 41.6 Å². The predicted molar refractivity (Wildman–Crippen MR) is 179 cm³/mol. The molecule has 5 rings (SSSR count). The Labute approximate surface area is 263 Å². The van der Waals surface area contributed by atoms with E-state index in [0.29, 0.717) is 52.1 Å². The molecule has 0 spiro atoms. The van der Waals surface area contributed by atoms with Gasteiger partial charge in [-0.2, -0.15) is 0 Å². The van der Waals surface area contributed by atoms with Crippen molar-refractivity contribution in [2.24, 2.45) is 4.99 Å². The quantitative estimate of drug-likeness (QED) is 0.128. The second-order valence-corrected chi connectivity index (χ2v) is 12.8. The lowest BCUT2D eigenvalue weighted by Gasteiger charge is -2.24. The molecule has 0 radical (unpaired) electrons. The van der Waals surface area contributed by atoms with Crippen molar-refractivity contribution in [3.63, 3.8) is 0 Å². The maximum absolute atomic E-state index is 12.8. The van der Waals surface area contributed by atoms with E-state index in [4.69, 9.17) is 9.73 Å². The summed E-state index contributed by atoms with van der Waals surface area (Å²) in [4.78, 5) is 22.1. The first kappa shape index (κ1) is 31.5. The molecule has 9 nitrogen and oxygen atoms in total. The molecule has 232 valence electrons. The van der Waals surface area contributed by atoms with Gasteiger partial charge in [0, 0.05) is 29.6 Å². The Morgan fingerprint density at radius 3 is 2.20 bits per heavy atom. The molecule has 0 amide bonds. The average Bonchev–Trinajstić information content (AvgIpc) is 3.36. The summed E-state index contributed by atoms with van der Waals surface area (Å²) in [5.41, 5.74) is 5.01. The number of ether oxygens (including phenoxy) is 1. The standard InChI is InChI=1S/C35H36N4O5S/c1-38(24-25-11-6-4-7-12-25)21-10-22-39(45(3,42)43)29-18-16-28(17-19-29)36-33(26-13-8-5-9-14-26)32-30-20-15-27(35(41)44-2)23-31(30)37-34(32)40/h4-9,11-20,23,37,40H,10,21-22,24H2,1-3H3. The molecule has 2 N–H and O–H groups in total. The van der Waals surface area contributed by atoms with E-state index in [1.54, 1.807) is 42.5 Å². The third kappa shape index (κ3) is 7.60. The molecule has 0 bridgehead atoms. The summed E-state index contributed by atoms with van der Waals surface area (Å²) >= 11 is 0. The van der Waals surface area contributed by atoms with Crippen molar-refractivity contribution < 1.29 is 23.1 Å². The number of sulfonamides is 1. The number of methoxy groups -OCH3 is 1. The normalized spacial score (nSPS) is 12.0. The van der Waals surface area contributed by atoms with Crippen LogP contribution >= 0.6 is 0 Å². The monoisotopic (exact) mass is 624 g/mol. The van der Waals surface area contributed by atoms with Crippen molar-refractivity contribution >= 4 is 44.0 Å². The molecule has 0 saturated carbocycles. The molecule has 0 unspecified atom stereocenters. The van der Waals surface area contributed by atoms with E-state index < -0.39 is 16.0 Å². The predicted octanol–water partition coefficient (Wildman–Crippen LogP) is 6.12. The smallest absolute Gasteiger partial charge is 0.337 e. The summed E-state index contributed by atoms with van der Waals surface area (Å²) in [6.07, 6.45) is 1.87. The highest BCUT2D eigenvalue weighted by atomic mass is 32.2. The summed E-state index contributed by atoms with van der Waals surface area (Å²) in [5, 5.41) is 11.7. The summed E-state index contributed by atoms with van der Waals surface area (Å²) < 4.78 is 31.8. The van der Waals surface area contributed by atoms with Crippen LogP contribution in [0.1, 0.15) is 33.5 Å². The van der Waals surface area contributed by atoms with Crippen molar-refractivity contribution in [3.05, 3.63) is 125 Å². The number of anilines is 1. The third-order valence-electron chi connectivity index (χ3n) is 7.46. The van der Waals surface area contributed by atoms with E-state index >= 15 is 0 Å². The number of benzene rings is 4. The highest BCUT2D eigenvalue weighted by Gasteiger charge is 2.21. The first-order valence-corrected chi connectivity index (χ1v) is 16.4. The average molecular weight is 625 g/mol. The fourth-order valence-electron chi connectivity index (χ4n) is 5.30. The van der Waals surface area contributed by atoms with Gasteiger partial charge in [0.15, 0.2) is 5.88 Å². The number of nitrogens with zero attached hydrogens (tertiary/aromatic N) is 3. The van der Waals surface area contributed by atoms with Crippen LogP contribution in [0.2, 0.25) is 0 Å². The van der Waals surface area contributed by atoms with Crippen LogP contribution in [-0.2, 0) is 21.3 Å². The zero-order valence-electron chi connectivity index (χ0n) is 25.5. The Morgan fingerprint density at radius 1 is 0.889 bits per heavy atom. The van der Waals surface area contributed by atoms with Crippen molar-refractivity contribution in [1.82, 2.24) is 9.88 Å². The van der Waals surface area contributed by atoms with Crippen LogP contribution in [0.25, 0.3) is 10.9 Å². The van der Waals surface area contributed by atoms with Gasteiger partial charge in [0.2, 0.25) is 10.0 Å². The van der Waals surface area contributed by atoms with E-state index in [1.165, 1.54) is 23.2 Å². The maximum Gasteiger partial charge on any atom is 0.337 e. The maximum atomic E-state index is 12.8. The lowest BCUT2D eigenvalue weighted by Crippen LogP contribution is -2.32. The molecular formula is C35H36N4O5S. The topological polar surface area (TPSA) is 115 Å². The largest absolute Gasteiger partial charge is 0.494 e. The number of aromatic nitrogens is 1. The van der Waals surface area contributed by atoms with Gasteiger partial charge in [-0.05, 0) is 62.0 Å². The molecule has 1 heterocycles. The number of nitrogens with one attached hydrogen (secondary N) is 1. The highest BCUT2D eigenvalue weighted by Crippen LogP contribution is 2.33. The summed E-state index contributed by atoms with van der Waals surface area (Å²) in [6, 6.07) is 31.6. The van der Waals surface area contributed by atoms with E-state index in [9.17, 15) is 18.3 Å². The summed E-state index contributed by atoms with van der Waals surface area (Å²) in [6.45, 7) is 1.86. The fraction of sp³-hybridized carbons (Fsp3) is 0.200. The number of H-pyrrole nitrogens is 1. The van der Waals surface area contributed by atoms with Gasteiger partial charge in [-0.15, -0.1) is 0 Å². The van der Waals surface area contributed by atoms with Crippen LogP contribution in [0.15, 0.2) is 108 Å². The number of rotatable bonds is 12. The molecular weight excluding hydrogens is 588 g/mol. The van der Waals surface area contributed by atoms with Gasteiger partial charge in [0.1, 0.15) is 0 Å². The van der Waals surface area contributed by atoms with E-state index in [0.717, 1.165) is 18.7 Å². The van der Waals surface area contributed by atoms with Crippen LogP contribution in [0.5, 0.6) is 5.88 Å². The van der Waals surface area contributed by atoms with Gasteiger partial charge in [-0.3, -0.25) is 4.31 Å². The molecule has 0 atom stereocenters. The molecule has 0 saturated heterocycles. The highest BCUT2D eigenvalue weighted by molar-refractivity contribution is 7.92. The van der Waals surface area contributed by atoms with E-state index in [2.05, 4.69) is 22.0 Å².